The van der Waals surface area contributed by atoms with Crippen LogP contribution in [-0.4, -0.2) is 79.1 Å². The van der Waals surface area contributed by atoms with Crippen molar-refractivity contribution in [2.75, 3.05) is 69.0 Å². The van der Waals surface area contributed by atoms with Crippen molar-refractivity contribution in [1.82, 2.24) is 19.9 Å². The molecular formula is C18H24N6O3. The highest BCUT2D eigenvalue weighted by Gasteiger charge is 2.21. The van der Waals surface area contributed by atoms with Crippen LogP contribution in [0.5, 0.6) is 5.88 Å². The Morgan fingerprint density at radius 3 is 2.00 bits per heavy atom. The molecule has 9 heteroatoms. The zero-order valence-electron chi connectivity index (χ0n) is 15.5. The van der Waals surface area contributed by atoms with Gasteiger partial charge in [-0.05, 0) is 13.0 Å². The molecule has 144 valence electrons. The van der Waals surface area contributed by atoms with E-state index in [-0.39, 0.29) is 0 Å². The van der Waals surface area contributed by atoms with Gasteiger partial charge in [0.05, 0.1) is 33.0 Å². The Kier molecular flexibility index (Phi) is 5.59. The van der Waals surface area contributed by atoms with Gasteiger partial charge in [-0.15, -0.1) is 0 Å². The summed E-state index contributed by atoms with van der Waals surface area (Å²) < 4.78 is 16.4. The third-order valence-electron chi connectivity index (χ3n) is 4.44. The Morgan fingerprint density at radius 2 is 1.44 bits per heavy atom. The summed E-state index contributed by atoms with van der Waals surface area (Å²) in [6, 6.07) is 5.63. The van der Waals surface area contributed by atoms with E-state index < -0.39 is 0 Å². The maximum absolute atomic E-state index is 5.52. The van der Waals surface area contributed by atoms with Crippen LogP contribution in [-0.2, 0) is 9.47 Å². The summed E-state index contributed by atoms with van der Waals surface area (Å²) in [4.78, 5) is 22.9. The summed E-state index contributed by atoms with van der Waals surface area (Å²) in [5.41, 5.74) is 0.673. The highest BCUT2D eigenvalue weighted by atomic mass is 16.5. The van der Waals surface area contributed by atoms with Crippen molar-refractivity contribution in [2.24, 2.45) is 0 Å². The fourth-order valence-electron chi connectivity index (χ4n) is 3.05. The smallest absolute Gasteiger partial charge is 0.230 e. The van der Waals surface area contributed by atoms with Crippen LogP contribution in [0.15, 0.2) is 18.2 Å². The van der Waals surface area contributed by atoms with Gasteiger partial charge in [-0.1, -0.05) is 6.07 Å². The lowest BCUT2D eigenvalue weighted by atomic mass is 10.3. The summed E-state index contributed by atoms with van der Waals surface area (Å²) in [5, 5.41) is 0. The monoisotopic (exact) mass is 372 g/mol. The molecule has 2 aromatic rings. The Bertz CT molecular complexity index is 726. The van der Waals surface area contributed by atoms with Crippen molar-refractivity contribution in [3.8, 4) is 17.4 Å². The summed E-state index contributed by atoms with van der Waals surface area (Å²) in [6.07, 6.45) is 0. The predicted octanol–water partition coefficient (Wildman–Crippen LogP) is 1.01. The molecular weight excluding hydrogens is 348 g/mol. The van der Waals surface area contributed by atoms with E-state index in [1.807, 2.05) is 25.1 Å². The Morgan fingerprint density at radius 1 is 0.852 bits per heavy atom. The van der Waals surface area contributed by atoms with Crippen LogP contribution >= 0.6 is 0 Å². The first-order chi connectivity index (χ1) is 13.3. The molecule has 0 bridgehead atoms. The average molecular weight is 372 g/mol. The van der Waals surface area contributed by atoms with Crippen molar-refractivity contribution < 1.29 is 14.2 Å². The molecule has 2 aliphatic rings. The van der Waals surface area contributed by atoms with Crippen molar-refractivity contribution in [2.45, 2.75) is 6.92 Å². The number of rotatable bonds is 5. The Balaban J connectivity index is 1.71. The van der Waals surface area contributed by atoms with Crippen LogP contribution in [0.25, 0.3) is 11.5 Å². The number of anilines is 2. The SMILES string of the molecule is CCOc1cccc(-c2nc(N3CCOCC3)nc(N3CCOCC3)n2)n1. The summed E-state index contributed by atoms with van der Waals surface area (Å²) >= 11 is 0. The summed E-state index contributed by atoms with van der Waals surface area (Å²) in [6.45, 7) is 8.24. The molecule has 0 N–H and O–H groups in total. The van der Waals surface area contributed by atoms with Gasteiger partial charge in [-0.3, -0.25) is 0 Å². The van der Waals surface area contributed by atoms with Gasteiger partial charge < -0.3 is 24.0 Å². The fourth-order valence-corrected chi connectivity index (χ4v) is 3.05. The third-order valence-corrected chi connectivity index (χ3v) is 4.44. The predicted molar refractivity (Wildman–Crippen MR) is 100 cm³/mol. The lowest BCUT2D eigenvalue weighted by Gasteiger charge is -2.30. The third kappa shape index (κ3) is 4.25. The average Bonchev–Trinajstić information content (AvgIpc) is 2.75. The zero-order valence-corrected chi connectivity index (χ0v) is 15.5. The minimum atomic E-state index is 0.550. The molecule has 0 aromatic carbocycles. The first-order valence-electron chi connectivity index (χ1n) is 9.35. The Hall–Kier alpha value is -2.52. The number of hydrogen-bond donors (Lipinski definition) is 0. The van der Waals surface area contributed by atoms with Gasteiger partial charge >= 0.3 is 0 Å². The van der Waals surface area contributed by atoms with Crippen LogP contribution in [0, 0.1) is 0 Å². The lowest BCUT2D eigenvalue weighted by Crippen LogP contribution is -2.40. The van der Waals surface area contributed by atoms with Crippen LogP contribution in [0.1, 0.15) is 6.92 Å². The number of aromatic nitrogens is 4. The van der Waals surface area contributed by atoms with Gasteiger partial charge in [0, 0.05) is 32.2 Å². The van der Waals surface area contributed by atoms with E-state index in [1.165, 1.54) is 0 Å². The second-order valence-electron chi connectivity index (χ2n) is 6.25. The molecule has 0 amide bonds. The van der Waals surface area contributed by atoms with Crippen molar-refractivity contribution >= 4 is 11.9 Å². The molecule has 2 aliphatic heterocycles. The molecule has 4 heterocycles. The highest BCUT2D eigenvalue weighted by molar-refractivity contribution is 5.55. The number of hydrogen-bond acceptors (Lipinski definition) is 9. The fraction of sp³-hybridized carbons (Fsp3) is 0.556. The van der Waals surface area contributed by atoms with Gasteiger partial charge in [-0.2, -0.15) is 15.0 Å². The first-order valence-corrected chi connectivity index (χ1v) is 9.35. The van der Waals surface area contributed by atoms with Crippen LogP contribution in [0.4, 0.5) is 11.9 Å². The number of pyridine rings is 1. The zero-order chi connectivity index (χ0) is 18.5. The quantitative estimate of drug-likeness (QED) is 0.763. The minimum Gasteiger partial charge on any atom is -0.478 e. The molecule has 2 saturated heterocycles. The largest absolute Gasteiger partial charge is 0.478 e. The van der Waals surface area contributed by atoms with Crippen LogP contribution in [0.2, 0.25) is 0 Å². The van der Waals surface area contributed by atoms with E-state index in [4.69, 9.17) is 29.2 Å². The van der Waals surface area contributed by atoms with E-state index in [9.17, 15) is 0 Å². The molecule has 9 nitrogen and oxygen atoms in total. The van der Waals surface area contributed by atoms with Crippen molar-refractivity contribution in [1.29, 1.82) is 0 Å². The maximum atomic E-state index is 5.52. The normalized spacial score (nSPS) is 17.8. The molecule has 0 aliphatic carbocycles. The number of morpholine rings is 2. The standard InChI is InChI=1S/C18H24N6O3/c1-2-27-15-5-3-4-14(19-15)16-20-17(23-6-10-25-11-7-23)22-18(21-16)24-8-12-26-13-9-24/h3-5H,2,6-13H2,1H3. The van der Waals surface area contributed by atoms with Gasteiger partial charge in [0.2, 0.25) is 17.8 Å². The first kappa shape index (κ1) is 17.9. The van der Waals surface area contributed by atoms with E-state index in [0.717, 1.165) is 26.2 Å². The van der Waals surface area contributed by atoms with E-state index in [1.54, 1.807) is 0 Å². The van der Waals surface area contributed by atoms with E-state index in [2.05, 4.69) is 14.8 Å². The number of nitrogens with zero attached hydrogens (tertiary/aromatic N) is 6. The van der Waals surface area contributed by atoms with Gasteiger partial charge in [0.25, 0.3) is 0 Å². The molecule has 0 unspecified atom stereocenters. The second kappa shape index (κ2) is 8.45. The molecule has 27 heavy (non-hydrogen) atoms. The molecule has 4 rings (SSSR count). The van der Waals surface area contributed by atoms with Crippen molar-refractivity contribution in [3.63, 3.8) is 0 Å². The summed E-state index contributed by atoms with van der Waals surface area (Å²) in [7, 11) is 0. The molecule has 0 spiro atoms. The lowest BCUT2D eigenvalue weighted by molar-refractivity contribution is 0.121. The Labute approximate surface area is 158 Å². The van der Waals surface area contributed by atoms with Crippen LogP contribution in [0.3, 0.4) is 0 Å². The van der Waals surface area contributed by atoms with E-state index >= 15 is 0 Å². The maximum Gasteiger partial charge on any atom is 0.230 e. The van der Waals surface area contributed by atoms with Crippen molar-refractivity contribution in [3.05, 3.63) is 18.2 Å². The van der Waals surface area contributed by atoms with Gasteiger partial charge in [0.1, 0.15) is 5.69 Å². The summed E-state index contributed by atoms with van der Waals surface area (Å²) in [5.74, 6) is 2.44. The minimum absolute atomic E-state index is 0.550. The molecule has 2 fully saturated rings. The molecule has 0 atom stereocenters. The topological polar surface area (TPSA) is 85.7 Å². The van der Waals surface area contributed by atoms with E-state index in [0.29, 0.717) is 62.3 Å². The van der Waals surface area contributed by atoms with Crippen LogP contribution < -0.4 is 14.5 Å². The van der Waals surface area contributed by atoms with Gasteiger partial charge in [0.15, 0.2) is 5.82 Å². The highest BCUT2D eigenvalue weighted by Crippen LogP contribution is 2.23. The number of ether oxygens (including phenoxy) is 3. The molecule has 0 saturated carbocycles. The molecule has 0 radical (unpaired) electrons. The van der Waals surface area contributed by atoms with Gasteiger partial charge in [-0.25, -0.2) is 4.98 Å². The second-order valence-corrected chi connectivity index (χ2v) is 6.25. The molecule has 2 aromatic heterocycles.